The van der Waals surface area contributed by atoms with Gasteiger partial charge >= 0.3 is 5.97 Å². The van der Waals surface area contributed by atoms with E-state index < -0.39 is 12.1 Å². The zero-order valence-corrected chi connectivity index (χ0v) is 13.5. The molecule has 22 heavy (non-hydrogen) atoms. The van der Waals surface area contributed by atoms with Crippen molar-refractivity contribution in [1.29, 1.82) is 0 Å². The molecule has 5 nitrogen and oxygen atoms in total. The van der Waals surface area contributed by atoms with Gasteiger partial charge in [0.05, 0.1) is 5.56 Å². The van der Waals surface area contributed by atoms with Gasteiger partial charge in [0.25, 0.3) is 5.91 Å². The van der Waals surface area contributed by atoms with Gasteiger partial charge < -0.3 is 15.0 Å². The molecule has 0 spiro atoms. The third-order valence-electron chi connectivity index (χ3n) is 3.95. The van der Waals surface area contributed by atoms with E-state index >= 15 is 0 Å². The number of hydrogen-bond acceptors (Lipinski definition) is 4. The number of ether oxygens (including phenoxy) is 1. The molecular formula is C17H24N2O3. The number of anilines is 1. The third-order valence-corrected chi connectivity index (χ3v) is 3.95. The molecule has 1 fully saturated rings. The summed E-state index contributed by atoms with van der Waals surface area (Å²) in [6.07, 6.45) is 3.54. The van der Waals surface area contributed by atoms with Gasteiger partial charge in [0.2, 0.25) is 0 Å². The number of rotatable bonds is 5. The van der Waals surface area contributed by atoms with Crippen LogP contribution in [0.5, 0.6) is 0 Å². The van der Waals surface area contributed by atoms with Gasteiger partial charge in [0.1, 0.15) is 0 Å². The lowest BCUT2D eigenvalue weighted by Crippen LogP contribution is -2.40. The first-order chi connectivity index (χ1) is 10.5. The molecule has 1 aromatic carbocycles. The summed E-state index contributed by atoms with van der Waals surface area (Å²) >= 11 is 0. The summed E-state index contributed by atoms with van der Waals surface area (Å²) in [6, 6.07) is 7.38. The number of carbonyl (C=O) groups excluding carboxylic acids is 2. The van der Waals surface area contributed by atoms with Gasteiger partial charge in [0, 0.05) is 25.8 Å². The summed E-state index contributed by atoms with van der Waals surface area (Å²) in [6.45, 7) is 1.61. The Balaban J connectivity index is 1.92. The first-order valence-electron chi connectivity index (χ1n) is 7.76. The van der Waals surface area contributed by atoms with Gasteiger partial charge in [-0.15, -0.1) is 0 Å². The molecule has 1 N–H and O–H groups in total. The molecule has 1 atom stereocenters. The summed E-state index contributed by atoms with van der Waals surface area (Å²) in [5.74, 6) is -0.693. The van der Waals surface area contributed by atoms with Gasteiger partial charge in [-0.3, -0.25) is 4.79 Å². The average Bonchev–Trinajstić information content (AvgIpc) is 3.00. The monoisotopic (exact) mass is 304 g/mol. The third kappa shape index (κ3) is 4.23. The Labute approximate surface area is 131 Å². The quantitative estimate of drug-likeness (QED) is 0.848. The molecule has 1 aromatic rings. The van der Waals surface area contributed by atoms with Gasteiger partial charge in [-0.1, -0.05) is 18.9 Å². The number of hydrogen-bond donors (Lipinski definition) is 1. The van der Waals surface area contributed by atoms with E-state index in [4.69, 9.17) is 4.74 Å². The number of benzene rings is 1. The molecular weight excluding hydrogens is 280 g/mol. The summed E-state index contributed by atoms with van der Waals surface area (Å²) in [7, 11) is 3.81. The van der Waals surface area contributed by atoms with Crippen LogP contribution in [0.1, 0.15) is 43.0 Å². The fourth-order valence-electron chi connectivity index (χ4n) is 2.58. The summed E-state index contributed by atoms with van der Waals surface area (Å²) < 4.78 is 5.27. The zero-order valence-electron chi connectivity index (χ0n) is 13.5. The molecule has 120 valence electrons. The van der Waals surface area contributed by atoms with Crippen LogP contribution in [-0.2, 0) is 9.53 Å². The van der Waals surface area contributed by atoms with Crippen molar-refractivity contribution in [1.82, 2.24) is 5.32 Å². The Morgan fingerprint density at radius 2 is 1.95 bits per heavy atom. The summed E-state index contributed by atoms with van der Waals surface area (Å²) in [4.78, 5) is 26.1. The predicted molar refractivity (Wildman–Crippen MR) is 86.0 cm³/mol. The Kier molecular flexibility index (Phi) is 5.41. The second-order valence-electron chi connectivity index (χ2n) is 5.98. The fraction of sp³-hybridized carbons (Fsp3) is 0.529. The van der Waals surface area contributed by atoms with E-state index in [2.05, 4.69) is 5.32 Å². The van der Waals surface area contributed by atoms with Gasteiger partial charge in [-0.05, 0) is 38.0 Å². The number of esters is 1. The fourth-order valence-corrected chi connectivity index (χ4v) is 2.58. The summed E-state index contributed by atoms with van der Waals surface area (Å²) in [5.41, 5.74) is 1.37. The molecule has 2 rings (SSSR count). The summed E-state index contributed by atoms with van der Waals surface area (Å²) in [5, 5.41) is 2.94. The van der Waals surface area contributed by atoms with Crippen molar-refractivity contribution in [3.05, 3.63) is 29.8 Å². The smallest absolute Gasteiger partial charge is 0.338 e. The van der Waals surface area contributed by atoms with E-state index in [1.165, 1.54) is 0 Å². The Morgan fingerprint density at radius 1 is 1.27 bits per heavy atom. The van der Waals surface area contributed by atoms with E-state index in [-0.39, 0.29) is 11.9 Å². The molecule has 0 bridgehead atoms. The molecule has 0 saturated heterocycles. The maximum absolute atomic E-state index is 12.2. The second-order valence-corrected chi connectivity index (χ2v) is 5.98. The van der Waals surface area contributed by atoms with Crippen molar-refractivity contribution in [2.75, 3.05) is 19.0 Å². The molecule has 0 unspecified atom stereocenters. The predicted octanol–water partition coefficient (Wildman–Crippen LogP) is 2.36. The van der Waals surface area contributed by atoms with Crippen LogP contribution in [0.2, 0.25) is 0 Å². The number of amides is 1. The van der Waals surface area contributed by atoms with Crippen molar-refractivity contribution in [3.63, 3.8) is 0 Å². The minimum Gasteiger partial charge on any atom is -0.449 e. The highest BCUT2D eigenvalue weighted by molar-refractivity contribution is 5.93. The highest BCUT2D eigenvalue weighted by Gasteiger charge is 2.23. The minimum absolute atomic E-state index is 0.219. The van der Waals surface area contributed by atoms with E-state index in [0.717, 1.165) is 31.4 Å². The molecule has 0 radical (unpaired) electrons. The maximum atomic E-state index is 12.2. The van der Waals surface area contributed by atoms with Crippen molar-refractivity contribution < 1.29 is 14.3 Å². The number of carbonyl (C=O) groups is 2. The topological polar surface area (TPSA) is 58.6 Å². The van der Waals surface area contributed by atoms with Crippen LogP contribution in [0.25, 0.3) is 0 Å². The number of nitrogens with one attached hydrogen (secondary N) is 1. The van der Waals surface area contributed by atoms with Crippen LogP contribution in [0.15, 0.2) is 24.3 Å². The zero-order chi connectivity index (χ0) is 16.1. The van der Waals surface area contributed by atoms with Gasteiger partial charge in [0.15, 0.2) is 6.10 Å². The Hall–Kier alpha value is -2.04. The van der Waals surface area contributed by atoms with Gasteiger partial charge in [-0.2, -0.15) is 0 Å². The van der Waals surface area contributed by atoms with Crippen LogP contribution < -0.4 is 10.2 Å². The molecule has 0 aromatic heterocycles. The highest BCUT2D eigenvalue weighted by Crippen LogP contribution is 2.18. The lowest BCUT2D eigenvalue weighted by molar-refractivity contribution is -0.129. The van der Waals surface area contributed by atoms with Crippen LogP contribution >= 0.6 is 0 Å². The Bertz CT molecular complexity index is 536. The van der Waals surface area contributed by atoms with Crippen molar-refractivity contribution >= 4 is 17.6 Å². The molecule has 1 aliphatic carbocycles. The first-order valence-corrected chi connectivity index (χ1v) is 7.76. The Morgan fingerprint density at radius 3 is 2.59 bits per heavy atom. The molecule has 0 aliphatic heterocycles. The number of nitrogens with zero attached hydrogens (tertiary/aromatic N) is 1. The molecule has 0 heterocycles. The highest BCUT2D eigenvalue weighted by atomic mass is 16.5. The van der Waals surface area contributed by atoms with Crippen LogP contribution in [0.3, 0.4) is 0 Å². The lowest BCUT2D eigenvalue weighted by Gasteiger charge is -2.18. The van der Waals surface area contributed by atoms with Crippen molar-refractivity contribution in [2.45, 2.75) is 44.8 Å². The van der Waals surface area contributed by atoms with Crippen molar-refractivity contribution in [3.8, 4) is 0 Å². The van der Waals surface area contributed by atoms with E-state index in [9.17, 15) is 9.59 Å². The molecule has 1 aliphatic rings. The average molecular weight is 304 g/mol. The normalized spacial score (nSPS) is 16.1. The first kappa shape index (κ1) is 16.3. The molecule has 1 saturated carbocycles. The van der Waals surface area contributed by atoms with Crippen LogP contribution in [0, 0.1) is 0 Å². The van der Waals surface area contributed by atoms with Crippen LogP contribution in [-0.4, -0.2) is 38.1 Å². The molecule has 1 amide bonds. The lowest BCUT2D eigenvalue weighted by atomic mass is 10.2. The van der Waals surface area contributed by atoms with Gasteiger partial charge in [-0.25, -0.2) is 4.79 Å². The van der Waals surface area contributed by atoms with Crippen molar-refractivity contribution in [2.24, 2.45) is 0 Å². The standard InChI is InChI=1S/C17H24N2O3/c1-12(16(20)18-14-8-4-5-9-14)22-17(21)13-7-6-10-15(11-13)19(2)3/h6-7,10-12,14H,4-5,8-9H2,1-3H3,(H,18,20)/t12-/m1/s1. The minimum atomic E-state index is -0.781. The molecule has 5 heteroatoms. The second kappa shape index (κ2) is 7.29. The van der Waals surface area contributed by atoms with Crippen LogP contribution in [0.4, 0.5) is 5.69 Å². The largest absolute Gasteiger partial charge is 0.449 e. The van der Waals surface area contributed by atoms with E-state index in [1.807, 2.05) is 25.1 Å². The van der Waals surface area contributed by atoms with E-state index in [1.54, 1.807) is 25.1 Å². The van der Waals surface area contributed by atoms with E-state index in [0.29, 0.717) is 5.56 Å². The SMILES string of the molecule is C[C@@H](OC(=O)c1cccc(N(C)C)c1)C(=O)NC1CCCC1. The maximum Gasteiger partial charge on any atom is 0.338 e.